The fourth-order valence-electron chi connectivity index (χ4n) is 2.32. The molecule has 2 N–H and O–H groups in total. The van der Waals surface area contributed by atoms with Crippen molar-refractivity contribution in [3.8, 4) is 11.1 Å². The van der Waals surface area contributed by atoms with Crippen LogP contribution in [0, 0.1) is 5.82 Å². The minimum absolute atomic E-state index is 0.154. The zero-order chi connectivity index (χ0) is 18.6. The number of halogens is 1. The van der Waals surface area contributed by atoms with Crippen molar-refractivity contribution in [3.05, 3.63) is 78.4 Å². The molecule has 130 valence electrons. The highest BCUT2D eigenvalue weighted by Gasteiger charge is 2.16. The van der Waals surface area contributed by atoms with Gasteiger partial charge < -0.3 is 5.73 Å². The molecule has 0 amide bonds. The van der Waals surface area contributed by atoms with Gasteiger partial charge in [-0.15, -0.1) is 0 Å². The van der Waals surface area contributed by atoms with Gasteiger partial charge in [0, 0.05) is 29.3 Å². The maximum Gasteiger partial charge on any atom is 0.176 e. The lowest BCUT2D eigenvalue weighted by molar-refractivity contribution is 0.602. The number of hydrogen-bond acceptors (Lipinski definition) is 4. The Morgan fingerprint density at radius 1 is 1.24 bits per heavy atom. The van der Waals surface area contributed by atoms with Crippen molar-refractivity contribution in [1.82, 2.24) is 0 Å². The van der Waals surface area contributed by atoms with Crippen LogP contribution in [0.3, 0.4) is 0 Å². The van der Waals surface area contributed by atoms with Gasteiger partial charge >= 0.3 is 0 Å². The minimum atomic E-state index is -3.43. The second-order valence-corrected chi connectivity index (χ2v) is 7.54. The van der Waals surface area contributed by atoms with E-state index in [4.69, 9.17) is 5.73 Å². The molecule has 0 aliphatic heterocycles. The molecule has 0 unspecified atom stereocenters. The topological polar surface area (TPSA) is 72.5 Å². The lowest BCUT2D eigenvalue weighted by Crippen LogP contribution is -2.03. The largest absolute Gasteiger partial charge is 0.401 e. The normalized spacial score (nSPS) is 12.9. The van der Waals surface area contributed by atoms with Gasteiger partial charge in [-0.2, -0.15) is 0 Å². The third-order valence-corrected chi connectivity index (χ3v) is 4.60. The van der Waals surface area contributed by atoms with Crippen LogP contribution in [-0.4, -0.2) is 20.4 Å². The van der Waals surface area contributed by atoms with Crippen molar-refractivity contribution >= 4 is 15.5 Å². The summed E-state index contributed by atoms with van der Waals surface area (Å²) < 4.78 is 38.5. The van der Waals surface area contributed by atoms with Crippen LogP contribution in [0.5, 0.6) is 0 Å². The zero-order valence-corrected chi connectivity index (χ0v) is 14.8. The van der Waals surface area contributed by atoms with Crippen LogP contribution in [0.2, 0.25) is 0 Å². The SMILES string of the molecule is C=CC(=N/C=C(\C)N)c1ccc(-c2ccccc2S(C)(=O)=O)cc1F. The van der Waals surface area contributed by atoms with Crippen molar-refractivity contribution < 1.29 is 12.8 Å². The predicted molar refractivity (Wildman–Crippen MR) is 99.6 cm³/mol. The molecule has 2 aromatic rings. The summed E-state index contributed by atoms with van der Waals surface area (Å²) in [5.41, 5.74) is 7.54. The first-order valence-corrected chi connectivity index (χ1v) is 9.35. The molecule has 6 heteroatoms. The molecule has 2 rings (SSSR count). The number of allylic oxidation sites excluding steroid dienone is 2. The molecule has 25 heavy (non-hydrogen) atoms. The number of sulfone groups is 1. The van der Waals surface area contributed by atoms with Crippen molar-refractivity contribution in [2.45, 2.75) is 11.8 Å². The smallest absolute Gasteiger partial charge is 0.176 e. The highest BCUT2D eigenvalue weighted by molar-refractivity contribution is 7.90. The third kappa shape index (κ3) is 4.42. The van der Waals surface area contributed by atoms with E-state index in [-0.39, 0.29) is 10.5 Å². The number of benzene rings is 2. The zero-order valence-electron chi connectivity index (χ0n) is 14.0. The van der Waals surface area contributed by atoms with Gasteiger partial charge in [-0.1, -0.05) is 30.8 Å². The average molecular weight is 358 g/mol. The molecule has 4 nitrogen and oxygen atoms in total. The first-order chi connectivity index (χ1) is 11.7. The Kier molecular flexibility index (Phi) is 5.54. The van der Waals surface area contributed by atoms with Crippen LogP contribution >= 0.6 is 0 Å². The monoisotopic (exact) mass is 358 g/mol. The molecule has 0 saturated heterocycles. The lowest BCUT2D eigenvalue weighted by atomic mass is 10.0. The Morgan fingerprint density at radius 3 is 2.48 bits per heavy atom. The average Bonchev–Trinajstić information content (AvgIpc) is 2.55. The van der Waals surface area contributed by atoms with Crippen molar-refractivity contribution in [2.75, 3.05) is 6.26 Å². The van der Waals surface area contributed by atoms with Gasteiger partial charge in [0.25, 0.3) is 0 Å². The van der Waals surface area contributed by atoms with Gasteiger partial charge in [0.05, 0.1) is 10.6 Å². The van der Waals surface area contributed by atoms with Crippen LogP contribution in [0.1, 0.15) is 12.5 Å². The van der Waals surface area contributed by atoms with Gasteiger partial charge in [0.1, 0.15) is 5.82 Å². The van der Waals surface area contributed by atoms with Gasteiger partial charge in [-0.3, -0.25) is 4.99 Å². The quantitative estimate of drug-likeness (QED) is 0.829. The van der Waals surface area contributed by atoms with Crippen molar-refractivity contribution in [2.24, 2.45) is 10.7 Å². The molecule has 0 bridgehead atoms. The number of nitrogens with two attached hydrogens (primary N) is 1. The van der Waals surface area contributed by atoms with Crippen molar-refractivity contribution in [1.29, 1.82) is 0 Å². The molecule has 0 aromatic heterocycles. The molecule has 0 atom stereocenters. The summed E-state index contributed by atoms with van der Waals surface area (Å²) in [5.74, 6) is -0.525. The highest BCUT2D eigenvalue weighted by Crippen LogP contribution is 2.28. The minimum Gasteiger partial charge on any atom is -0.401 e. The summed E-state index contributed by atoms with van der Waals surface area (Å²) in [7, 11) is -3.43. The van der Waals surface area contributed by atoms with E-state index >= 15 is 0 Å². The second-order valence-electron chi connectivity index (χ2n) is 5.55. The van der Waals surface area contributed by atoms with Crippen LogP contribution < -0.4 is 5.73 Å². The maximum atomic E-state index is 14.6. The van der Waals surface area contributed by atoms with Crippen LogP contribution in [-0.2, 0) is 9.84 Å². The molecule has 0 saturated carbocycles. The van der Waals surface area contributed by atoms with Gasteiger partial charge in [-0.05, 0) is 36.8 Å². The fraction of sp³-hybridized carbons (Fsp3) is 0.105. The lowest BCUT2D eigenvalue weighted by Gasteiger charge is -2.10. The molecule has 0 spiro atoms. The van der Waals surface area contributed by atoms with E-state index in [2.05, 4.69) is 11.6 Å². The summed E-state index contributed by atoms with van der Waals surface area (Å²) >= 11 is 0. The molecule has 0 aliphatic rings. The van der Waals surface area contributed by atoms with Crippen LogP contribution in [0.4, 0.5) is 4.39 Å². The van der Waals surface area contributed by atoms with Gasteiger partial charge in [0.2, 0.25) is 0 Å². The third-order valence-electron chi connectivity index (χ3n) is 3.44. The molecule has 2 aromatic carbocycles. The second kappa shape index (κ2) is 7.44. The standard InChI is InChI=1S/C19H19FN2O2S/c1-4-18(22-12-13(2)21)16-10-9-14(11-17(16)20)15-7-5-6-8-19(15)25(3,23)24/h4-12H,1,21H2,2-3H3/b13-12+,22-18?. The Bertz CT molecular complexity index is 973. The first-order valence-electron chi connectivity index (χ1n) is 7.46. The first kappa shape index (κ1) is 18.6. The Morgan fingerprint density at radius 2 is 1.92 bits per heavy atom. The summed E-state index contributed by atoms with van der Waals surface area (Å²) in [6, 6.07) is 11.0. The molecular formula is C19H19FN2O2S. The summed E-state index contributed by atoms with van der Waals surface area (Å²) in [5, 5.41) is 0. The molecule has 0 radical (unpaired) electrons. The van der Waals surface area contributed by atoms with E-state index in [0.717, 1.165) is 6.26 Å². The van der Waals surface area contributed by atoms with Crippen LogP contribution in [0.15, 0.2) is 76.9 Å². The summed E-state index contributed by atoms with van der Waals surface area (Å²) in [6.07, 6.45) is 3.98. The van der Waals surface area contributed by atoms with Gasteiger partial charge in [-0.25, -0.2) is 12.8 Å². The van der Waals surface area contributed by atoms with E-state index in [9.17, 15) is 12.8 Å². The van der Waals surface area contributed by atoms with E-state index in [1.807, 2.05) is 0 Å². The number of aliphatic imine (C=N–C) groups is 1. The number of hydrogen-bond donors (Lipinski definition) is 1. The maximum absolute atomic E-state index is 14.6. The van der Waals surface area contributed by atoms with E-state index in [1.54, 1.807) is 37.3 Å². The highest BCUT2D eigenvalue weighted by atomic mass is 32.2. The Labute approximate surface area is 147 Å². The number of rotatable bonds is 5. The molecule has 0 fully saturated rings. The Balaban J connectivity index is 2.57. The summed E-state index contributed by atoms with van der Waals surface area (Å²) in [4.78, 5) is 4.26. The van der Waals surface area contributed by atoms with E-state index < -0.39 is 15.7 Å². The fourth-order valence-corrected chi connectivity index (χ4v) is 3.23. The van der Waals surface area contributed by atoms with Crippen molar-refractivity contribution in [3.63, 3.8) is 0 Å². The van der Waals surface area contributed by atoms with Crippen LogP contribution in [0.25, 0.3) is 11.1 Å². The van der Waals surface area contributed by atoms with E-state index in [0.29, 0.717) is 22.5 Å². The van der Waals surface area contributed by atoms with Gasteiger partial charge in [0.15, 0.2) is 9.84 Å². The number of nitrogens with zero attached hydrogens (tertiary/aromatic N) is 1. The predicted octanol–water partition coefficient (Wildman–Crippen LogP) is 3.69. The Hall–Kier alpha value is -2.73. The molecular weight excluding hydrogens is 339 g/mol. The molecule has 0 heterocycles. The summed E-state index contributed by atoms with van der Waals surface area (Å²) in [6.45, 7) is 5.31. The molecule has 0 aliphatic carbocycles. The van der Waals surface area contributed by atoms with E-state index in [1.165, 1.54) is 24.4 Å².